The Labute approximate surface area is 127 Å². The summed E-state index contributed by atoms with van der Waals surface area (Å²) >= 11 is 7.66. The van der Waals surface area contributed by atoms with Crippen LogP contribution in [0.4, 0.5) is 0 Å². The molecule has 1 N–H and O–H groups in total. The van der Waals surface area contributed by atoms with Crippen LogP contribution in [0.3, 0.4) is 0 Å². The van der Waals surface area contributed by atoms with E-state index in [4.69, 9.17) is 20.8 Å². The maximum Gasteiger partial charge on any atom is 0.126 e. The van der Waals surface area contributed by atoms with Crippen LogP contribution in [0.25, 0.3) is 0 Å². The minimum atomic E-state index is 0.0723. The molecule has 2 heterocycles. The van der Waals surface area contributed by atoms with Crippen LogP contribution in [0.15, 0.2) is 34.9 Å². The summed E-state index contributed by atoms with van der Waals surface area (Å²) in [6.07, 6.45) is 5.38. The summed E-state index contributed by atoms with van der Waals surface area (Å²) in [5.41, 5.74) is 0. The molecule has 0 aromatic carbocycles. The van der Waals surface area contributed by atoms with Crippen LogP contribution in [0.2, 0.25) is 4.34 Å². The molecule has 1 aliphatic carbocycles. The highest BCUT2D eigenvalue weighted by Gasteiger charge is 2.29. The number of thiophene rings is 1. The molecular weight excluding hydrogens is 294 g/mol. The molecule has 0 radical (unpaired) electrons. The van der Waals surface area contributed by atoms with E-state index in [1.165, 1.54) is 4.88 Å². The number of methoxy groups -OCH3 is 1. The topological polar surface area (TPSA) is 34.4 Å². The van der Waals surface area contributed by atoms with Crippen molar-refractivity contribution in [2.45, 2.75) is 37.5 Å². The Balaban J connectivity index is 1.77. The van der Waals surface area contributed by atoms with Crippen LogP contribution < -0.4 is 5.32 Å². The molecule has 3 rings (SSSR count). The standard InChI is InChI=1S/C15H18ClNO2S/c1-18-11-5-4-10(9-11)17-15(12-3-2-8-19-12)13-6-7-14(16)20-13/h2-3,6-8,10-11,15,17H,4-5,9H2,1H3. The molecule has 3 atom stereocenters. The molecule has 0 spiro atoms. The Morgan fingerprint density at radius 1 is 1.40 bits per heavy atom. The first kappa shape index (κ1) is 14.1. The maximum atomic E-state index is 6.07. The van der Waals surface area contributed by atoms with Crippen LogP contribution in [-0.4, -0.2) is 19.3 Å². The average Bonchev–Trinajstić information content (AvgIpc) is 3.17. The molecule has 2 aromatic heterocycles. The second kappa shape index (κ2) is 6.31. The van der Waals surface area contributed by atoms with E-state index in [2.05, 4.69) is 11.4 Å². The van der Waals surface area contributed by atoms with Crippen molar-refractivity contribution in [1.29, 1.82) is 0 Å². The fourth-order valence-electron chi connectivity index (χ4n) is 2.78. The highest BCUT2D eigenvalue weighted by molar-refractivity contribution is 7.16. The predicted molar refractivity (Wildman–Crippen MR) is 81.5 cm³/mol. The smallest absolute Gasteiger partial charge is 0.126 e. The molecule has 2 aromatic rings. The van der Waals surface area contributed by atoms with E-state index in [0.717, 1.165) is 29.4 Å². The van der Waals surface area contributed by atoms with Gasteiger partial charge in [-0.3, -0.25) is 0 Å². The first-order chi connectivity index (χ1) is 9.76. The third-order valence-corrected chi connectivity index (χ3v) is 5.12. The summed E-state index contributed by atoms with van der Waals surface area (Å²) in [5, 5.41) is 3.69. The Morgan fingerprint density at radius 3 is 2.90 bits per heavy atom. The van der Waals surface area contributed by atoms with Gasteiger partial charge in [0.2, 0.25) is 0 Å². The maximum absolute atomic E-state index is 6.07. The lowest BCUT2D eigenvalue weighted by molar-refractivity contribution is 0.106. The summed E-state index contributed by atoms with van der Waals surface area (Å²) in [6, 6.07) is 8.46. The average molecular weight is 312 g/mol. The van der Waals surface area contributed by atoms with E-state index in [9.17, 15) is 0 Å². The molecule has 108 valence electrons. The molecule has 3 nitrogen and oxygen atoms in total. The molecule has 1 saturated carbocycles. The Kier molecular flexibility index (Phi) is 4.46. The Hall–Kier alpha value is -0.810. The van der Waals surface area contributed by atoms with E-state index < -0.39 is 0 Å². The quantitative estimate of drug-likeness (QED) is 0.897. The highest BCUT2D eigenvalue weighted by atomic mass is 35.5. The van der Waals surface area contributed by atoms with E-state index in [0.29, 0.717) is 12.1 Å². The first-order valence-electron chi connectivity index (χ1n) is 6.83. The summed E-state index contributed by atoms with van der Waals surface area (Å²) < 4.78 is 11.8. The van der Waals surface area contributed by atoms with Crippen LogP contribution in [0.5, 0.6) is 0 Å². The van der Waals surface area contributed by atoms with Crippen molar-refractivity contribution < 1.29 is 9.15 Å². The molecule has 1 aliphatic rings. The zero-order valence-corrected chi connectivity index (χ0v) is 12.9. The number of hydrogen-bond acceptors (Lipinski definition) is 4. The Morgan fingerprint density at radius 2 is 2.30 bits per heavy atom. The lowest BCUT2D eigenvalue weighted by atomic mass is 10.1. The van der Waals surface area contributed by atoms with Gasteiger partial charge in [-0.2, -0.15) is 0 Å². The third-order valence-electron chi connectivity index (χ3n) is 3.83. The van der Waals surface area contributed by atoms with Gasteiger partial charge in [0.05, 0.1) is 16.7 Å². The van der Waals surface area contributed by atoms with Crippen molar-refractivity contribution in [3.8, 4) is 0 Å². The van der Waals surface area contributed by atoms with Crippen LogP contribution in [0, 0.1) is 0 Å². The van der Waals surface area contributed by atoms with Crippen molar-refractivity contribution in [2.75, 3.05) is 7.11 Å². The minimum absolute atomic E-state index is 0.0723. The van der Waals surface area contributed by atoms with E-state index in [-0.39, 0.29) is 6.04 Å². The number of rotatable bonds is 5. The van der Waals surface area contributed by atoms with Gasteiger partial charge in [-0.1, -0.05) is 11.6 Å². The zero-order chi connectivity index (χ0) is 13.9. The molecule has 0 amide bonds. The summed E-state index contributed by atoms with van der Waals surface area (Å²) in [5.74, 6) is 0.935. The molecule has 1 fully saturated rings. The second-order valence-electron chi connectivity index (χ2n) is 5.12. The number of nitrogens with one attached hydrogen (secondary N) is 1. The minimum Gasteiger partial charge on any atom is -0.467 e. The lowest BCUT2D eigenvalue weighted by Gasteiger charge is -2.20. The zero-order valence-electron chi connectivity index (χ0n) is 11.3. The van der Waals surface area contributed by atoms with Gasteiger partial charge in [-0.05, 0) is 43.5 Å². The molecule has 0 saturated heterocycles. The lowest BCUT2D eigenvalue weighted by Crippen LogP contribution is -2.31. The van der Waals surface area contributed by atoms with Crippen molar-refractivity contribution in [1.82, 2.24) is 5.32 Å². The van der Waals surface area contributed by atoms with Crippen LogP contribution in [0.1, 0.15) is 35.9 Å². The molecule has 0 bridgehead atoms. The SMILES string of the molecule is COC1CCC(NC(c2ccco2)c2ccc(Cl)s2)C1. The van der Waals surface area contributed by atoms with Crippen LogP contribution >= 0.6 is 22.9 Å². The number of halogens is 1. The number of hydrogen-bond donors (Lipinski definition) is 1. The van der Waals surface area contributed by atoms with E-state index >= 15 is 0 Å². The van der Waals surface area contributed by atoms with Gasteiger partial charge in [-0.15, -0.1) is 11.3 Å². The number of ether oxygens (including phenoxy) is 1. The second-order valence-corrected chi connectivity index (χ2v) is 6.87. The van der Waals surface area contributed by atoms with E-state index in [1.807, 2.05) is 18.2 Å². The summed E-state index contributed by atoms with van der Waals surface area (Å²) in [6.45, 7) is 0. The third kappa shape index (κ3) is 3.09. The van der Waals surface area contributed by atoms with Crippen molar-refractivity contribution in [3.05, 3.63) is 45.5 Å². The van der Waals surface area contributed by atoms with Gasteiger partial charge in [0.15, 0.2) is 0 Å². The molecule has 0 aliphatic heterocycles. The predicted octanol–water partition coefficient (Wildman–Crippen LogP) is 4.24. The van der Waals surface area contributed by atoms with Crippen molar-refractivity contribution >= 4 is 22.9 Å². The summed E-state index contributed by atoms with van der Waals surface area (Å²) in [4.78, 5) is 1.19. The first-order valence-corrected chi connectivity index (χ1v) is 8.03. The van der Waals surface area contributed by atoms with E-state index in [1.54, 1.807) is 24.7 Å². The molecule has 5 heteroatoms. The normalized spacial score (nSPS) is 24.1. The molecule has 3 unspecified atom stereocenters. The Bertz CT molecular complexity index is 540. The monoisotopic (exact) mass is 311 g/mol. The summed E-state index contributed by atoms with van der Waals surface area (Å²) in [7, 11) is 1.79. The largest absolute Gasteiger partial charge is 0.467 e. The van der Waals surface area contributed by atoms with Gasteiger partial charge in [0.1, 0.15) is 11.8 Å². The van der Waals surface area contributed by atoms with Gasteiger partial charge < -0.3 is 14.5 Å². The number of furan rings is 1. The van der Waals surface area contributed by atoms with Gasteiger partial charge in [0.25, 0.3) is 0 Å². The molecular formula is C15H18ClNO2S. The molecule has 20 heavy (non-hydrogen) atoms. The highest BCUT2D eigenvalue weighted by Crippen LogP contribution is 2.33. The fourth-order valence-corrected chi connectivity index (χ4v) is 3.91. The van der Waals surface area contributed by atoms with Gasteiger partial charge >= 0.3 is 0 Å². The fraction of sp³-hybridized carbons (Fsp3) is 0.467. The van der Waals surface area contributed by atoms with Crippen LogP contribution in [-0.2, 0) is 4.74 Å². The van der Waals surface area contributed by atoms with Gasteiger partial charge in [0, 0.05) is 18.0 Å². The van der Waals surface area contributed by atoms with Crippen molar-refractivity contribution in [2.24, 2.45) is 0 Å². The van der Waals surface area contributed by atoms with Gasteiger partial charge in [-0.25, -0.2) is 0 Å². The van der Waals surface area contributed by atoms with Crippen molar-refractivity contribution in [3.63, 3.8) is 0 Å².